The maximum Gasteiger partial charge on any atom is 0.410 e. The van der Waals surface area contributed by atoms with E-state index in [1.165, 1.54) is 0 Å². The molecule has 2 aromatic rings. The van der Waals surface area contributed by atoms with Crippen LogP contribution in [-0.2, 0) is 22.5 Å². The predicted octanol–water partition coefficient (Wildman–Crippen LogP) is 4.65. The number of rotatable bonds is 6. The molecule has 8 nitrogen and oxygen atoms in total. The Morgan fingerprint density at radius 1 is 1.06 bits per heavy atom. The molecular weight excluding hydrogens is 448 g/mol. The van der Waals surface area contributed by atoms with E-state index >= 15 is 0 Å². The molecule has 2 aromatic carbocycles. The summed E-state index contributed by atoms with van der Waals surface area (Å²) in [5.74, 6) is 1.68. The van der Waals surface area contributed by atoms with E-state index in [4.69, 9.17) is 18.9 Å². The third-order valence-electron chi connectivity index (χ3n) is 5.95. The fourth-order valence-corrected chi connectivity index (χ4v) is 4.21. The van der Waals surface area contributed by atoms with Gasteiger partial charge in [0, 0.05) is 38.0 Å². The number of fused-ring (bicyclic) bond motifs is 1. The summed E-state index contributed by atoms with van der Waals surface area (Å²) in [4.78, 5) is 29.0. The van der Waals surface area contributed by atoms with Gasteiger partial charge in [-0.25, -0.2) is 9.59 Å². The number of piperazine rings is 1. The Morgan fingerprint density at radius 3 is 2.63 bits per heavy atom. The van der Waals surface area contributed by atoms with Crippen LogP contribution >= 0.6 is 0 Å². The van der Waals surface area contributed by atoms with Crippen LogP contribution in [-0.4, -0.2) is 66.5 Å². The minimum Gasteiger partial charge on any atom is -0.494 e. The molecule has 1 atom stereocenters. The van der Waals surface area contributed by atoms with Crippen molar-refractivity contribution in [2.75, 3.05) is 32.8 Å². The molecule has 0 saturated carbocycles. The van der Waals surface area contributed by atoms with Crippen LogP contribution in [0.25, 0.3) is 0 Å². The topological polar surface area (TPSA) is 77.5 Å². The third kappa shape index (κ3) is 6.81. The molecule has 1 saturated heterocycles. The van der Waals surface area contributed by atoms with Gasteiger partial charge in [-0.3, -0.25) is 0 Å². The highest BCUT2D eigenvalue weighted by Gasteiger charge is 2.35. The predicted molar refractivity (Wildman–Crippen MR) is 131 cm³/mol. The van der Waals surface area contributed by atoms with Crippen molar-refractivity contribution >= 4 is 12.2 Å². The van der Waals surface area contributed by atoms with Crippen molar-refractivity contribution in [3.05, 3.63) is 59.7 Å². The summed E-state index contributed by atoms with van der Waals surface area (Å²) >= 11 is 0. The monoisotopic (exact) mass is 482 g/mol. The second-order valence-corrected chi connectivity index (χ2v) is 9.82. The van der Waals surface area contributed by atoms with Gasteiger partial charge in [0.1, 0.15) is 23.7 Å². The molecule has 8 heteroatoms. The van der Waals surface area contributed by atoms with Crippen LogP contribution in [0.4, 0.5) is 9.59 Å². The molecule has 2 heterocycles. The summed E-state index contributed by atoms with van der Waals surface area (Å²) in [6.07, 6.45) is 0.661. The van der Waals surface area contributed by atoms with Crippen LogP contribution < -0.4 is 9.47 Å². The van der Waals surface area contributed by atoms with E-state index in [2.05, 4.69) is 0 Å². The summed E-state index contributed by atoms with van der Waals surface area (Å²) in [5.41, 5.74) is 1.47. The molecule has 188 valence electrons. The second-order valence-electron chi connectivity index (χ2n) is 9.82. The number of ether oxygens (including phenoxy) is 4. The Bertz CT molecular complexity index is 1020. The minimum absolute atomic E-state index is 0.210. The fraction of sp³-hybridized carbons (Fsp3) is 0.481. The second kappa shape index (κ2) is 10.9. The number of hydrogen-bond donors (Lipinski definition) is 0. The Kier molecular flexibility index (Phi) is 7.68. The summed E-state index contributed by atoms with van der Waals surface area (Å²) in [5, 5.41) is 0. The van der Waals surface area contributed by atoms with Gasteiger partial charge in [-0.1, -0.05) is 30.3 Å². The van der Waals surface area contributed by atoms with Crippen LogP contribution in [0.3, 0.4) is 0 Å². The average molecular weight is 483 g/mol. The summed E-state index contributed by atoms with van der Waals surface area (Å²) in [7, 11) is 0. The average Bonchev–Trinajstić information content (AvgIpc) is 3.30. The lowest BCUT2D eigenvalue weighted by molar-refractivity contribution is -0.00614. The first-order valence-corrected chi connectivity index (χ1v) is 12.1. The molecule has 0 aliphatic carbocycles. The molecule has 4 rings (SSSR count). The normalized spacial score (nSPS) is 17.4. The lowest BCUT2D eigenvalue weighted by Gasteiger charge is -2.41. The third-order valence-corrected chi connectivity index (χ3v) is 5.95. The lowest BCUT2D eigenvalue weighted by atomic mass is 10.1. The first-order chi connectivity index (χ1) is 16.8. The van der Waals surface area contributed by atoms with E-state index in [1.807, 2.05) is 69.3 Å². The van der Waals surface area contributed by atoms with Crippen LogP contribution in [0.5, 0.6) is 11.5 Å². The van der Waals surface area contributed by atoms with E-state index in [0.717, 1.165) is 29.0 Å². The molecule has 0 N–H and O–H groups in total. The molecule has 0 spiro atoms. The van der Waals surface area contributed by atoms with Crippen molar-refractivity contribution in [1.82, 2.24) is 9.80 Å². The zero-order valence-corrected chi connectivity index (χ0v) is 20.7. The highest BCUT2D eigenvalue weighted by molar-refractivity contribution is 5.71. The Labute approximate surface area is 206 Å². The van der Waals surface area contributed by atoms with Crippen molar-refractivity contribution in [2.45, 2.75) is 51.9 Å². The Morgan fingerprint density at radius 2 is 1.86 bits per heavy atom. The molecule has 0 aromatic heterocycles. The van der Waals surface area contributed by atoms with Crippen molar-refractivity contribution in [1.29, 1.82) is 0 Å². The summed E-state index contributed by atoms with van der Waals surface area (Å²) in [6, 6.07) is 15.1. The number of nitrogens with zero attached hydrogens (tertiary/aromatic N) is 2. The van der Waals surface area contributed by atoms with E-state index in [9.17, 15) is 9.59 Å². The smallest absolute Gasteiger partial charge is 0.410 e. The first kappa shape index (κ1) is 24.7. The molecule has 0 bridgehead atoms. The Hall–Kier alpha value is -3.42. The van der Waals surface area contributed by atoms with Gasteiger partial charge < -0.3 is 28.7 Å². The summed E-state index contributed by atoms with van der Waals surface area (Å²) < 4.78 is 22.7. The molecule has 35 heavy (non-hydrogen) atoms. The number of amides is 2. The maximum absolute atomic E-state index is 12.9. The van der Waals surface area contributed by atoms with Crippen molar-refractivity contribution in [3.8, 4) is 11.5 Å². The fourth-order valence-electron chi connectivity index (χ4n) is 4.21. The van der Waals surface area contributed by atoms with Crippen LogP contribution in [0.1, 0.15) is 38.3 Å². The molecule has 2 aliphatic rings. The van der Waals surface area contributed by atoms with Gasteiger partial charge >= 0.3 is 12.2 Å². The number of hydrogen-bond acceptors (Lipinski definition) is 6. The van der Waals surface area contributed by atoms with Gasteiger partial charge in [0.15, 0.2) is 0 Å². The molecule has 0 unspecified atom stereocenters. The van der Waals surface area contributed by atoms with E-state index in [0.29, 0.717) is 39.3 Å². The number of carbonyl (C=O) groups excluding carboxylic acids is 2. The van der Waals surface area contributed by atoms with E-state index in [-0.39, 0.29) is 24.8 Å². The molecule has 2 aliphatic heterocycles. The van der Waals surface area contributed by atoms with Crippen molar-refractivity contribution < 1.29 is 28.5 Å². The molecular formula is C27H34N2O6. The highest BCUT2D eigenvalue weighted by Crippen LogP contribution is 2.29. The first-order valence-electron chi connectivity index (χ1n) is 12.1. The van der Waals surface area contributed by atoms with Gasteiger partial charge in [-0.15, -0.1) is 0 Å². The standard InChI is InChI=1S/C27H34N2O6/c1-27(2,3)35-26(31)29-14-13-28(25(30)34-19-20-7-5-4-6-8-20)18-22(29)12-16-32-23-9-10-24-21(17-23)11-15-33-24/h4-10,17,22H,11-16,18-19H2,1-3H3/t22-/m1/s1. The molecule has 0 radical (unpaired) electrons. The van der Waals surface area contributed by atoms with E-state index < -0.39 is 5.60 Å². The molecule has 2 amide bonds. The lowest BCUT2D eigenvalue weighted by Crippen LogP contribution is -2.57. The summed E-state index contributed by atoms with van der Waals surface area (Å²) in [6.45, 7) is 7.95. The quantitative estimate of drug-likeness (QED) is 0.597. The highest BCUT2D eigenvalue weighted by atomic mass is 16.6. The van der Waals surface area contributed by atoms with Crippen molar-refractivity contribution in [3.63, 3.8) is 0 Å². The number of carbonyl (C=O) groups is 2. The van der Waals surface area contributed by atoms with E-state index in [1.54, 1.807) is 9.80 Å². The maximum atomic E-state index is 12.9. The van der Waals surface area contributed by atoms with Gasteiger partial charge in [0.25, 0.3) is 0 Å². The van der Waals surface area contributed by atoms with Gasteiger partial charge in [0.2, 0.25) is 0 Å². The van der Waals surface area contributed by atoms with Crippen LogP contribution in [0.15, 0.2) is 48.5 Å². The number of benzene rings is 2. The van der Waals surface area contributed by atoms with Gasteiger partial charge in [-0.05, 0) is 44.5 Å². The SMILES string of the molecule is CC(C)(C)OC(=O)N1CCN(C(=O)OCc2ccccc2)C[C@H]1CCOc1ccc2c(c1)CCO2. The van der Waals surface area contributed by atoms with Crippen LogP contribution in [0.2, 0.25) is 0 Å². The van der Waals surface area contributed by atoms with Gasteiger partial charge in [-0.2, -0.15) is 0 Å². The molecule has 1 fully saturated rings. The zero-order chi connectivity index (χ0) is 24.8. The minimum atomic E-state index is -0.601. The van der Waals surface area contributed by atoms with Crippen LogP contribution in [0, 0.1) is 0 Å². The zero-order valence-electron chi connectivity index (χ0n) is 20.7. The Balaban J connectivity index is 1.36. The largest absolute Gasteiger partial charge is 0.494 e. The van der Waals surface area contributed by atoms with Gasteiger partial charge in [0.05, 0.1) is 19.3 Å². The van der Waals surface area contributed by atoms with Crippen molar-refractivity contribution in [2.24, 2.45) is 0 Å².